The van der Waals surface area contributed by atoms with E-state index in [1.165, 1.54) is 23.5 Å². The Morgan fingerprint density at radius 2 is 2.19 bits per heavy atom. The third-order valence-electron chi connectivity index (χ3n) is 2.28. The van der Waals surface area contributed by atoms with E-state index in [-0.39, 0.29) is 5.82 Å². The van der Waals surface area contributed by atoms with Crippen LogP contribution in [0.2, 0.25) is 5.02 Å². The lowest BCUT2D eigenvalue weighted by Crippen LogP contribution is -1.74. The zero-order valence-corrected chi connectivity index (χ0v) is 9.57. The maximum Gasteiger partial charge on any atom is 0.150 e. The van der Waals surface area contributed by atoms with Crippen LogP contribution in [0.1, 0.15) is 0 Å². The summed E-state index contributed by atoms with van der Waals surface area (Å²) in [6.45, 7) is 0. The Morgan fingerprint density at radius 3 is 2.94 bits per heavy atom. The molecule has 0 radical (unpaired) electrons. The van der Waals surface area contributed by atoms with Crippen LogP contribution in [-0.4, -0.2) is 9.97 Å². The SMILES string of the molecule is Fc1ccc2nc(-c3sccc3Cl)[nH]c2c1. The second-order valence-electron chi connectivity index (χ2n) is 3.34. The number of aromatic amines is 1. The van der Waals surface area contributed by atoms with Crippen LogP contribution < -0.4 is 0 Å². The van der Waals surface area contributed by atoms with E-state index in [1.54, 1.807) is 6.07 Å². The summed E-state index contributed by atoms with van der Waals surface area (Å²) in [4.78, 5) is 8.29. The maximum atomic E-state index is 13.0. The highest BCUT2D eigenvalue weighted by molar-refractivity contribution is 7.14. The highest BCUT2D eigenvalue weighted by Crippen LogP contribution is 2.32. The molecule has 1 N–H and O–H groups in total. The van der Waals surface area contributed by atoms with Gasteiger partial charge in [0.15, 0.2) is 0 Å². The van der Waals surface area contributed by atoms with Crippen molar-refractivity contribution in [2.45, 2.75) is 0 Å². The molecule has 0 aliphatic rings. The van der Waals surface area contributed by atoms with E-state index >= 15 is 0 Å². The molecule has 0 aliphatic heterocycles. The van der Waals surface area contributed by atoms with Gasteiger partial charge in [0.25, 0.3) is 0 Å². The fourth-order valence-electron chi connectivity index (χ4n) is 1.55. The molecule has 80 valence electrons. The van der Waals surface area contributed by atoms with E-state index in [0.29, 0.717) is 16.4 Å². The number of aromatic nitrogens is 2. The number of H-pyrrole nitrogens is 1. The van der Waals surface area contributed by atoms with Crippen LogP contribution in [0.4, 0.5) is 4.39 Å². The minimum Gasteiger partial charge on any atom is -0.337 e. The number of thiophene rings is 1. The van der Waals surface area contributed by atoms with Crippen molar-refractivity contribution in [3.8, 4) is 10.7 Å². The number of fused-ring (bicyclic) bond motifs is 1. The number of nitrogens with one attached hydrogen (secondary N) is 1. The van der Waals surface area contributed by atoms with Gasteiger partial charge in [-0.05, 0) is 29.6 Å². The molecule has 2 nitrogen and oxygen atoms in total. The van der Waals surface area contributed by atoms with Crippen molar-refractivity contribution < 1.29 is 4.39 Å². The summed E-state index contributed by atoms with van der Waals surface area (Å²) in [5.41, 5.74) is 1.42. The number of benzene rings is 1. The second kappa shape index (κ2) is 3.57. The molecule has 3 rings (SSSR count). The second-order valence-corrected chi connectivity index (χ2v) is 4.67. The summed E-state index contributed by atoms with van der Waals surface area (Å²) in [6.07, 6.45) is 0. The molecule has 16 heavy (non-hydrogen) atoms. The van der Waals surface area contributed by atoms with E-state index in [1.807, 2.05) is 11.4 Å². The van der Waals surface area contributed by atoms with Gasteiger partial charge in [0, 0.05) is 0 Å². The van der Waals surface area contributed by atoms with Gasteiger partial charge in [-0.15, -0.1) is 11.3 Å². The quantitative estimate of drug-likeness (QED) is 0.694. The van der Waals surface area contributed by atoms with Crippen LogP contribution in [0, 0.1) is 5.82 Å². The first kappa shape index (κ1) is 9.81. The Bertz CT molecular complexity index is 659. The standard InChI is InChI=1S/C11H6ClFN2S/c12-7-3-4-16-10(7)11-14-8-2-1-6(13)5-9(8)15-11/h1-5H,(H,14,15). The molecule has 0 fully saturated rings. The smallest absolute Gasteiger partial charge is 0.150 e. The van der Waals surface area contributed by atoms with Gasteiger partial charge in [0.1, 0.15) is 11.6 Å². The van der Waals surface area contributed by atoms with Crippen molar-refractivity contribution in [1.82, 2.24) is 9.97 Å². The predicted octanol–water partition coefficient (Wildman–Crippen LogP) is 4.08. The van der Waals surface area contributed by atoms with Gasteiger partial charge in [-0.25, -0.2) is 9.37 Å². The van der Waals surface area contributed by atoms with Gasteiger partial charge in [0.2, 0.25) is 0 Å². The molecule has 0 saturated heterocycles. The third-order valence-corrected chi connectivity index (χ3v) is 3.62. The lowest BCUT2D eigenvalue weighted by atomic mass is 10.3. The Kier molecular flexibility index (Phi) is 2.19. The van der Waals surface area contributed by atoms with Crippen molar-refractivity contribution >= 4 is 34.0 Å². The minimum atomic E-state index is -0.278. The van der Waals surface area contributed by atoms with E-state index in [4.69, 9.17) is 11.6 Å². The van der Waals surface area contributed by atoms with Gasteiger partial charge < -0.3 is 4.98 Å². The fourth-order valence-corrected chi connectivity index (χ4v) is 2.64. The van der Waals surface area contributed by atoms with Crippen LogP contribution >= 0.6 is 22.9 Å². The van der Waals surface area contributed by atoms with Gasteiger partial charge in [-0.2, -0.15) is 0 Å². The molecule has 3 aromatic rings. The van der Waals surface area contributed by atoms with Gasteiger partial charge >= 0.3 is 0 Å². The molecular weight excluding hydrogens is 247 g/mol. The zero-order valence-electron chi connectivity index (χ0n) is 8.00. The number of halogens is 2. The first-order chi connectivity index (χ1) is 7.74. The van der Waals surface area contributed by atoms with Crippen molar-refractivity contribution in [3.63, 3.8) is 0 Å². The normalized spacial score (nSPS) is 11.1. The molecule has 0 saturated carbocycles. The summed E-state index contributed by atoms with van der Waals surface area (Å²) < 4.78 is 13.0. The first-order valence-corrected chi connectivity index (χ1v) is 5.88. The Morgan fingerprint density at radius 1 is 1.31 bits per heavy atom. The summed E-state index contributed by atoms with van der Waals surface area (Å²) in [5, 5.41) is 2.55. The summed E-state index contributed by atoms with van der Waals surface area (Å²) in [7, 11) is 0. The van der Waals surface area contributed by atoms with E-state index < -0.39 is 0 Å². The molecule has 5 heteroatoms. The summed E-state index contributed by atoms with van der Waals surface area (Å²) in [5.74, 6) is 0.403. The van der Waals surface area contributed by atoms with Crippen LogP contribution in [0.3, 0.4) is 0 Å². The maximum absolute atomic E-state index is 13.0. The van der Waals surface area contributed by atoms with E-state index in [0.717, 1.165) is 10.4 Å². The topological polar surface area (TPSA) is 28.7 Å². The summed E-state index contributed by atoms with van der Waals surface area (Å²) >= 11 is 7.51. The Hall–Kier alpha value is -1.39. The number of rotatable bonds is 1. The van der Waals surface area contributed by atoms with Crippen molar-refractivity contribution in [2.75, 3.05) is 0 Å². The average Bonchev–Trinajstić information content (AvgIpc) is 2.82. The molecule has 0 unspecified atom stereocenters. The van der Waals surface area contributed by atoms with Crippen molar-refractivity contribution in [1.29, 1.82) is 0 Å². The molecule has 0 aliphatic carbocycles. The third kappa shape index (κ3) is 1.50. The van der Waals surface area contributed by atoms with E-state index in [9.17, 15) is 4.39 Å². The van der Waals surface area contributed by atoms with Crippen LogP contribution in [-0.2, 0) is 0 Å². The number of nitrogens with zero attached hydrogens (tertiary/aromatic N) is 1. The zero-order chi connectivity index (χ0) is 11.1. The van der Waals surface area contributed by atoms with Gasteiger partial charge in [0.05, 0.1) is 20.9 Å². The Labute approximate surface area is 99.7 Å². The van der Waals surface area contributed by atoms with Crippen LogP contribution in [0.15, 0.2) is 29.6 Å². The molecule has 0 atom stereocenters. The molecule has 0 spiro atoms. The Balaban J connectivity index is 2.23. The van der Waals surface area contributed by atoms with E-state index in [2.05, 4.69) is 9.97 Å². The number of hydrogen-bond donors (Lipinski definition) is 1. The van der Waals surface area contributed by atoms with Crippen LogP contribution in [0.5, 0.6) is 0 Å². The largest absolute Gasteiger partial charge is 0.337 e. The van der Waals surface area contributed by atoms with Gasteiger partial charge in [-0.3, -0.25) is 0 Å². The molecule has 2 aromatic heterocycles. The highest BCUT2D eigenvalue weighted by Gasteiger charge is 2.10. The average molecular weight is 253 g/mol. The summed E-state index contributed by atoms with van der Waals surface area (Å²) in [6, 6.07) is 6.28. The molecule has 2 heterocycles. The number of imidazole rings is 1. The predicted molar refractivity (Wildman–Crippen MR) is 64.4 cm³/mol. The number of hydrogen-bond acceptors (Lipinski definition) is 2. The lowest BCUT2D eigenvalue weighted by molar-refractivity contribution is 0.629. The first-order valence-electron chi connectivity index (χ1n) is 4.63. The minimum absolute atomic E-state index is 0.278. The van der Waals surface area contributed by atoms with Crippen LogP contribution in [0.25, 0.3) is 21.7 Å². The highest BCUT2D eigenvalue weighted by atomic mass is 35.5. The molecule has 1 aromatic carbocycles. The fraction of sp³-hybridized carbons (Fsp3) is 0. The monoisotopic (exact) mass is 252 g/mol. The lowest BCUT2D eigenvalue weighted by Gasteiger charge is -1.90. The van der Waals surface area contributed by atoms with Crippen molar-refractivity contribution in [3.05, 3.63) is 40.5 Å². The molecular formula is C11H6ClFN2S. The van der Waals surface area contributed by atoms with Crippen molar-refractivity contribution in [2.24, 2.45) is 0 Å². The molecule has 0 bridgehead atoms. The van der Waals surface area contributed by atoms with Gasteiger partial charge in [-0.1, -0.05) is 11.6 Å². The molecule has 0 amide bonds.